The molecule has 6 nitrogen and oxygen atoms in total. The highest BCUT2D eigenvalue weighted by molar-refractivity contribution is 5.76. The summed E-state index contributed by atoms with van der Waals surface area (Å²) in [5.74, 6) is 0.158. The lowest BCUT2D eigenvalue weighted by Gasteiger charge is -2.31. The summed E-state index contributed by atoms with van der Waals surface area (Å²) in [6.45, 7) is 4.59. The van der Waals surface area contributed by atoms with Gasteiger partial charge in [-0.3, -0.25) is 9.48 Å². The van der Waals surface area contributed by atoms with Gasteiger partial charge in [0.2, 0.25) is 5.91 Å². The summed E-state index contributed by atoms with van der Waals surface area (Å²) in [7, 11) is 0. The highest BCUT2D eigenvalue weighted by Crippen LogP contribution is 2.06. The summed E-state index contributed by atoms with van der Waals surface area (Å²) in [6.07, 6.45) is 3.70. The Morgan fingerprint density at radius 2 is 2.50 bits per heavy atom. The van der Waals surface area contributed by atoms with Gasteiger partial charge in [0, 0.05) is 19.5 Å². The first-order valence-corrected chi connectivity index (χ1v) is 5.47. The number of rotatable bonds is 3. The van der Waals surface area contributed by atoms with E-state index in [2.05, 4.69) is 10.1 Å². The van der Waals surface area contributed by atoms with Crippen molar-refractivity contribution in [2.45, 2.75) is 26.0 Å². The summed E-state index contributed by atoms with van der Waals surface area (Å²) in [5.41, 5.74) is 0. The van der Waals surface area contributed by atoms with E-state index in [0.29, 0.717) is 32.7 Å². The van der Waals surface area contributed by atoms with Crippen molar-refractivity contribution in [2.24, 2.45) is 0 Å². The molecule has 0 N–H and O–H groups in total. The smallest absolute Gasteiger partial charge is 0.224 e. The van der Waals surface area contributed by atoms with E-state index in [9.17, 15) is 4.79 Å². The van der Waals surface area contributed by atoms with Crippen LogP contribution >= 0.6 is 0 Å². The summed E-state index contributed by atoms with van der Waals surface area (Å²) >= 11 is 0. The maximum atomic E-state index is 11.8. The number of hydrogen-bond donors (Lipinski definition) is 0. The number of morpholine rings is 1. The molecule has 0 bridgehead atoms. The lowest BCUT2D eigenvalue weighted by Crippen LogP contribution is -2.44. The van der Waals surface area contributed by atoms with Crippen molar-refractivity contribution in [2.75, 3.05) is 19.7 Å². The second kappa shape index (κ2) is 5.07. The van der Waals surface area contributed by atoms with Crippen molar-refractivity contribution in [3.05, 3.63) is 12.7 Å². The topological polar surface area (TPSA) is 60.2 Å². The van der Waals surface area contributed by atoms with Gasteiger partial charge in [0.25, 0.3) is 0 Å². The van der Waals surface area contributed by atoms with Crippen LogP contribution in [0.4, 0.5) is 0 Å². The number of carbonyl (C=O) groups excluding carboxylic acids is 1. The number of amides is 1. The highest BCUT2D eigenvalue weighted by Gasteiger charge is 2.20. The molecule has 6 heteroatoms. The van der Waals surface area contributed by atoms with Gasteiger partial charge in [-0.2, -0.15) is 5.10 Å². The maximum Gasteiger partial charge on any atom is 0.224 e. The molecular weight excluding hydrogens is 208 g/mol. The van der Waals surface area contributed by atoms with Crippen LogP contribution in [0.5, 0.6) is 0 Å². The fourth-order valence-electron chi connectivity index (χ4n) is 1.76. The Labute approximate surface area is 94.2 Å². The number of carbonyl (C=O) groups is 1. The van der Waals surface area contributed by atoms with Crippen LogP contribution < -0.4 is 0 Å². The van der Waals surface area contributed by atoms with Gasteiger partial charge in [0.15, 0.2) is 0 Å². The van der Waals surface area contributed by atoms with Crippen molar-refractivity contribution in [1.29, 1.82) is 0 Å². The summed E-state index contributed by atoms with van der Waals surface area (Å²) in [6, 6.07) is 0. The SMILES string of the molecule is CC1CN(C(=O)CCn2cncn2)CCO1. The average molecular weight is 224 g/mol. The van der Waals surface area contributed by atoms with E-state index in [1.54, 1.807) is 11.0 Å². The predicted molar refractivity (Wildman–Crippen MR) is 56.6 cm³/mol. The lowest BCUT2D eigenvalue weighted by atomic mass is 10.2. The Hall–Kier alpha value is -1.43. The molecule has 1 aliphatic heterocycles. The van der Waals surface area contributed by atoms with Crippen LogP contribution in [0.2, 0.25) is 0 Å². The molecule has 0 radical (unpaired) electrons. The number of aryl methyl sites for hydroxylation is 1. The maximum absolute atomic E-state index is 11.8. The zero-order valence-corrected chi connectivity index (χ0v) is 9.37. The molecule has 1 saturated heterocycles. The van der Waals surface area contributed by atoms with Crippen molar-refractivity contribution in [3.8, 4) is 0 Å². The second-order valence-corrected chi connectivity index (χ2v) is 3.93. The molecule has 1 unspecified atom stereocenters. The van der Waals surface area contributed by atoms with Gasteiger partial charge in [-0.25, -0.2) is 4.98 Å². The van der Waals surface area contributed by atoms with Gasteiger partial charge >= 0.3 is 0 Å². The van der Waals surface area contributed by atoms with Crippen LogP contribution in [-0.2, 0) is 16.1 Å². The van der Waals surface area contributed by atoms with E-state index in [-0.39, 0.29) is 12.0 Å². The molecule has 0 aliphatic carbocycles. The van der Waals surface area contributed by atoms with Crippen molar-refractivity contribution >= 4 is 5.91 Å². The summed E-state index contributed by atoms with van der Waals surface area (Å²) in [4.78, 5) is 17.5. The first-order valence-electron chi connectivity index (χ1n) is 5.47. The number of ether oxygens (including phenoxy) is 1. The summed E-state index contributed by atoms with van der Waals surface area (Å²) in [5, 5.41) is 3.96. The Morgan fingerprint density at radius 3 is 3.19 bits per heavy atom. The molecule has 1 fully saturated rings. The molecule has 1 aliphatic rings. The molecule has 2 rings (SSSR count). The van der Waals surface area contributed by atoms with Crippen LogP contribution in [0.15, 0.2) is 12.7 Å². The van der Waals surface area contributed by atoms with Gasteiger partial charge in [-0.05, 0) is 6.92 Å². The van der Waals surface area contributed by atoms with E-state index >= 15 is 0 Å². The van der Waals surface area contributed by atoms with Gasteiger partial charge < -0.3 is 9.64 Å². The van der Waals surface area contributed by atoms with Crippen LogP contribution in [0.3, 0.4) is 0 Å². The molecule has 16 heavy (non-hydrogen) atoms. The molecule has 0 spiro atoms. The van der Waals surface area contributed by atoms with E-state index in [1.165, 1.54) is 6.33 Å². The molecule has 1 aromatic rings. The average Bonchev–Trinajstić information content (AvgIpc) is 2.78. The fourth-order valence-corrected chi connectivity index (χ4v) is 1.76. The van der Waals surface area contributed by atoms with Gasteiger partial charge in [0.1, 0.15) is 12.7 Å². The molecule has 1 atom stereocenters. The van der Waals surface area contributed by atoms with Crippen LogP contribution in [-0.4, -0.2) is 51.4 Å². The Balaban J connectivity index is 1.79. The quantitative estimate of drug-likeness (QED) is 0.720. The van der Waals surface area contributed by atoms with E-state index in [4.69, 9.17) is 4.74 Å². The molecular formula is C10H16N4O2. The Kier molecular flexibility index (Phi) is 3.51. The normalized spacial score (nSPS) is 21.1. The highest BCUT2D eigenvalue weighted by atomic mass is 16.5. The Morgan fingerprint density at radius 1 is 1.62 bits per heavy atom. The fraction of sp³-hybridized carbons (Fsp3) is 0.700. The zero-order valence-electron chi connectivity index (χ0n) is 9.37. The number of nitrogens with zero attached hydrogens (tertiary/aromatic N) is 4. The zero-order chi connectivity index (χ0) is 11.4. The van der Waals surface area contributed by atoms with Crippen LogP contribution in [0.25, 0.3) is 0 Å². The summed E-state index contributed by atoms with van der Waals surface area (Å²) < 4.78 is 7.06. The van der Waals surface area contributed by atoms with Crippen molar-refractivity contribution in [3.63, 3.8) is 0 Å². The largest absolute Gasteiger partial charge is 0.375 e. The monoisotopic (exact) mass is 224 g/mol. The molecule has 1 amide bonds. The van der Waals surface area contributed by atoms with Crippen molar-refractivity contribution in [1.82, 2.24) is 19.7 Å². The molecule has 88 valence electrons. The third-order valence-electron chi connectivity index (χ3n) is 2.62. The minimum atomic E-state index is 0.143. The third kappa shape index (κ3) is 2.79. The van der Waals surface area contributed by atoms with E-state index in [0.717, 1.165) is 0 Å². The minimum absolute atomic E-state index is 0.143. The van der Waals surface area contributed by atoms with Crippen LogP contribution in [0.1, 0.15) is 13.3 Å². The standard InChI is InChI=1S/C10H16N4O2/c1-9-6-13(4-5-16-9)10(15)2-3-14-8-11-7-12-14/h7-9H,2-6H2,1H3. The first-order chi connectivity index (χ1) is 7.75. The first kappa shape index (κ1) is 11.1. The second-order valence-electron chi connectivity index (χ2n) is 3.93. The number of aromatic nitrogens is 3. The molecule has 0 aromatic carbocycles. The van der Waals surface area contributed by atoms with E-state index in [1.807, 2.05) is 11.8 Å². The molecule has 0 saturated carbocycles. The van der Waals surface area contributed by atoms with Gasteiger partial charge in [-0.1, -0.05) is 0 Å². The van der Waals surface area contributed by atoms with Gasteiger partial charge in [0.05, 0.1) is 19.3 Å². The predicted octanol–water partition coefficient (Wildman–Crippen LogP) is -0.0845. The van der Waals surface area contributed by atoms with E-state index < -0.39 is 0 Å². The third-order valence-corrected chi connectivity index (χ3v) is 2.62. The Bertz CT molecular complexity index is 339. The number of hydrogen-bond acceptors (Lipinski definition) is 4. The van der Waals surface area contributed by atoms with Crippen molar-refractivity contribution < 1.29 is 9.53 Å². The molecule has 1 aromatic heterocycles. The minimum Gasteiger partial charge on any atom is -0.375 e. The van der Waals surface area contributed by atoms with Crippen LogP contribution in [0, 0.1) is 0 Å². The lowest BCUT2D eigenvalue weighted by molar-refractivity contribution is -0.138. The van der Waals surface area contributed by atoms with Gasteiger partial charge in [-0.15, -0.1) is 0 Å². The molecule has 2 heterocycles.